The van der Waals surface area contributed by atoms with Gasteiger partial charge in [-0.05, 0) is 62.6 Å². The number of esters is 1. The van der Waals surface area contributed by atoms with E-state index in [4.69, 9.17) is 21.1 Å². The molecular formula is C23H30ClNO4. The lowest BCUT2D eigenvalue weighted by Crippen LogP contribution is -2.43. The standard InChI is InChI=1S/C23H30ClNO4/c1-5-13-28-18(3)25(21-8-6-7-20(24)15-21)17(2)14-19-9-11-22(12-10-19)29-16-23(26)27-4/h6-12,15,17-18H,5,13-14,16H2,1-4H3. The van der Waals surface area contributed by atoms with Crippen molar-refractivity contribution in [2.24, 2.45) is 0 Å². The molecule has 2 aromatic rings. The van der Waals surface area contributed by atoms with Crippen LogP contribution >= 0.6 is 11.6 Å². The van der Waals surface area contributed by atoms with Crippen LogP contribution in [-0.4, -0.2) is 38.6 Å². The van der Waals surface area contributed by atoms with E-state index >= 15 is 0 Å². The third kappa shape index (κ3) is 7.26. The number of anilines is 1. The van der Waals surface area contributed by atoms with Crippen LogP contribution in [0.2, 0.25) is 5.02 Å². The van der Waals surface area contributed by atoms with Gasteiger partial charge in [0.1, 0.15) is 12.0 Å². The molecule has 0 radical (unpaired) electrons. The number of hydrogen-bond donors (Lipinski definition) is 0. The highest BCUT2D eigenvalue weighted by Crippen LogP contribution is 2.26. The Morgan fingerprint density at radius 2 is 1.86 bits per heavy atom. The lowest BCUT2D eigenvalue weighted by molar-refractivity contribution is -0.142. The number of ether oxygens (including phenoxy) is 3. The first kappa shape index (κ1) is 23.0. The Morgan fingerprint density at radius 3 is 2.48 bits per heavy atom. The summed E-state index contributed by atoms with van der Waals surface area (Å²) in [6.07, 6.45) is 1.71. The van der Waals surface area contributed by atoms with E-state index in [9.17, 15) is 4.79 Å². The largest absolute Gasteiger partial charge is 0.482 e. The average Bonchev–Trinajstić information content (AvgIpc) is 2.71. The highest BCUT2D eigenvalue weighted by molar-refractivity contribution is 6.30. The summed E-state index contributed by atoms with van der Waals surface area (Å²) in [7, 11) is 1.34. The molecule has 6 heteroatoms. The first-order valence-electron chi connectivity index (χ1n) is 9.88. The van der Waals surface area contributed by atoms with Gasteiger partial charge >= 0.3 is 5.97 Å². The summed E-state index contributed by atoms with van der Waals surface area (Å²) >= 11 is 6.23. The van der Waals surface area contributed by atoms with Crippen molar-refractivity contribution in [3.05, 3.63) is 59.1 Å². The average molecular weight is 420 g/mol. The van der Waals surface area contributed by atoms with Gasteiger partial charge in [-0.25, -0.2) is 4.79 Å². The molecule has 0 aromatic heterocycles. The molecule has 0 spiro atoms. The zero-order valence-electron chi connectivity index (χ0n) is 17.6. The van der Waals surface area contributed by atoms with Crippen LogP contribution in [0.3, 0.4) is 0 Å². The minimum Gasteiger partial charge on any atom is -0.482 e. The van der Waals surface area contributed by atoms with Gasteiger partial charge in [-0.15, -0.1) is 0 Å². The Balaban J connectivity index is 2.10. The molecule has 158 valence electrons. The van der Waals surface area contributed by atoms with E-state index < -0.39 is 5.97 Å². The number of methoxy groups -OCH3 is 1. The first-order valence-corrected chi connectivity index (χ1v) is 10.3. The lowest BCUT2D eigenvalue weighted by Gasteiger charge is -2.36. The van der Waals surface area contributed by atoms with Crippen LogP contribution in [0.25, 0.3) is 0 Å². The minimum atomic E-state index is -0.402. The van der Waals surface area contributed by atoms with Crippen LogP contribution in [-0.2, 0) is 20.7 Å². The van der Waals surface area contributed by atoms with Crippen LogP contribution in [0.15, 0.2) is 48.5 Å². The summed E-state index contributed by atoms with van der Waals surface area (Å²) in [5.74, 6) is 0.235. The molecule has 2 rings (SSSR count). The molecule has 0 aliphatic carbocycles. The second kappa shape index (κ2) is 11.7. The predicted molar refractivity (Wildman–Crippen MR) is 117 cm³/mol. The Bertz CT molecular complexity index is 766. The second-order valence-corrected chi connectivity index (χ2v) is 7.36. The molecule has 0 saturated heterocycles. The smallest absolute Gasteiger partial charge is 0.343 e. The van der Waals surface area contributed by atoms with Crippen LogP contribution in [0.4, 0.5) is 5.69 Å². The zero-order valence-corrected chi connectivity index (χ0v) is 18.3. The molecule has 0 heterocycles. The van der Waals surface area contributed by atoms with Gasteiger partial charge < -0.3 is 19.1 Å². The molecule has 2 aromatic carbocycles. The Hall–Kier alpha value is -2.24. The molecule has 5 nitrogen and oxygen atoms in total. The van der Waals surface area contributed by atoms with E-state index in [1.165, 1.54) is 7.11 Å². The second-order valence-electron chi connectivity index (χ2n) is 6.92. The maximum atomic E-state index is 11.2. The Kier molecular flexibility index (Phi) is 9.29. The van der Waals surface area contributed by atoms with E-state index in [1.54, 1.807) is 0 Å². The van der Waals surface area contributed by atoms with Crippen molar-refractivity contribution in [3.63, 3.8) is 0 Å². The fourth-order valence-electron chi connectivity index (χ4n) is 3.19. The minimum absolute atomic E-state index is 0.0777. The van der Waals surface area contributed by atoms with Gasteiger partial charge in [0, 0.05) is 23.4 Å². The molecule has 29 heavy (non-hydrogen) atoms. The van der Waals surface area contributed by atoms with Crippen LogP contribution in [0.1, 0.15) is 32.8 Å². The van der Waals surface area contributed by atoms with Crippen molar-refractivity contribution in [1.82, 2.24) is 0 Å². The fourth-order valence-corrected chi connectivity index (χ4v) is 3.38. The summed E-state index contributed by atoms with van der Waals surface area (Å²) in [6.45, 7) is 6.95. The SMILES string of the molecule is CCCOC(C)N(c1cccc(Cl)c1)C(C)Cc1ccc(OCC(=O)OC)cc1. The first-order chi connectivity index (χ1) is 13.9. The lowest BCUT2D eigenvalue weighted by atomic mass is 10.0. The third-order valence-electron chi connectivity index (χ3n) is 4.57. The highest BCUT2D eigenvalue weighted by Gasteiger charge is 2.22. The Morgan fingerprint density at radius 1 is 1.14 bits per heavy atom. The number of benzene rings is 2. The maximum Gasteiger partial charge on any atom is 0.343 e. The van der Waals surface area contributed by atoms with Gasteiger partial charge in [-0.2, -0.15) is 0 Å². The number of hydrogen-bond acceptors (Lipinski definition) is 5. The van der Waals surface area contributed by atoms with Gasteiger partial charge in [0.2, 0.25) is 0 Å². The molecule has 0 fully saturated rings. The van der Waals surface area contributed by atoms with Crippen LogP contribution in [0, 0.1) is 0 Å². The molecule has 0 saturated carbocycles. The van der Waals surface area contributed by atoms with Crippen molar-refractivity contribution in [3.8, 4) is 5.75 Å². The summed E-state index contributed by atoms with van der Waals surface area (Å²) < 4.78 is 16.0. The normalized spacial score (nSPS) is 12.9. The van der Waals surface area contributed by atoms with Gasteiger partial charge in [-0.3, -0.25) is 0 Å². The van der Waals surface area contributed by atoms with E-state index in [0.717, 1.165) is 24.1 Å². The van der Waals surface area contributed by atoms with Gasteiger partial charge in [0.25, 0.3) is 0 Å². The summed E-state index contributed by atoms with van der Waals surface area (Å²) in [6, 6.07) is 15.8. The number of carbonyl (C=O) groups excluding carboxylic acids is 1. The van der Waals surface area contributed by atoms with Crippen LogP contribution in [0.5, 0.6) is 5.75 Å². The molecule has 0 aliphatic heterocycles. The number of nitrogens with zero attached hydrogens (tertiary/aromatic N) is 1. The van der Waals surface area contributed by atoms with Crippen molar-refractivity contribution in [2.45, 2.75) is 45.9 Å². The van der Waals surface area contributed by atoms with E-state index in [0.29, 0.717) is 17.4 Å². The molecule has 0 bridgehead atoms. The van der Waals surface area contributed by atoms with E-state index in [2.05, 4.69) is 36.5 Å². The number of halogens is 1. The number of rotatable bonds is 11. The summed E-state index contributed by atoms with van der Waals surface area (Å²) in [5, 5.41) is 0.703. The van der Waals surface area contributed by atoms with Crippen molar-refractivity contribution < 1.29 is 19.0 Å². The fraction of sp³-hybridized carbons (Fsp3) is 0.435. The third-order valence-corrected chi connectivity index (χ3v) is 4.81. The molecule has 0 N–H and O–H groups in total. The maximum absolute atomic E-state index is 11.2. The van der Waals surface area contributed by atoms with Crippen molar-refractivity contribution in [2.75, 3.05) is 25.2 Å². The van der Waals surface area contributed by atoms with Gasteiger partial charge in [0.05, 0.1) is 7.11 Å². The van der Waals surface area contributed by atoms with Gasteiger partial charge in [-0.1, -0.05) is 36.7 Å². The monoisotopic (exact) mass is 419 g/mol. The molecule has 2 unspecified atom stereocenters. The quantitative estimate of drug-likeness (QED) is 0.374. The van der Waals surface area contributed by atoms with Crippen molar-refractivity contribution in [1.29, 1.82) is 0 Å². The van der Waals surface area contributed by atoms with Crippen LogP contribution < -0.4 is 9.64 Å². The summed E-state index contributed by atoms with van der Waals surface area (Å²) in [4.78, 5) is 13.4. The topological polar surface area (TPSA) is 48.0 Å². The molecular weight excluding hydrogens is 390 g/mol. The predicted octanol–water partition coefficient (Wildman–Crippen LogP) is 5.10. The number of carbonyl (C=O) groups is 1. The molecule has 0 aliphatic rings. The zero-order chi connectivity index (χ0) is 21.2. The Labute approximate surface area is 178 Å². The molecule has 0 amide bonds. The van der Waals surface area contributed by atoms with E-state index in [-0.39, 0.29) is 18.9 Å². The molecule has 2 atom stereocenters. The van der Waals surface area contributed by atoms with E-state index in [1.807, 2.05) is 42.5 Å². The van der Waals surface area contributed by atoms with Gasteiger partial charge in [0.15, 0.2) is 6.61 Å². The summed E-state index contributed by atoms with van der Waals surface area (Å²) in [5.41, 5.74) is 2.20. The van der Waals surface area contributed by atoms with Crippen molar-refractivity contribution >= 4 is 23.3 Å². The highest BCUT2D eigenvalue weighted by atomic mass is 35.5.